The number of thiophene rings is 1. The first-order chi connectivity index (χ1) is 12.6. The molecule has 5 heteroatoms. The average Bonchev–Trinajstić information content (AvgIpc) is 3.16. The molecule has 2 N–H and O–H groups in total. The molecule has 1 aromatic carbocycles. The number of hydrogen-bond donors (Lipinski definition) is 1. The average molecular weight is 361 g/mol. The molecule has 0 amide bonds. The lowest BCUT2D eigenvalue weighted by Crippen LogP contribution is -2.38. The first-order valence-corrected chi connectivity index (χ1v) is 9.56. The van der Waals surface area contributed by atoms with Gasteiger partial charge in [-0.3, -0.25) is 9.69 Å². The summed E-state index contributed by atoms with van der Waals surface area (Å²) >= 11 is 1.56. The fourth-order valence-electron chi connectivity index (χ4n) is 3.82. The van der Waals surface area contributed by atoms with Crippen LogP contribution in [0.1, 0.15) is 35.6 Å². The summed E-state index contributed by atoms with van der Waals surface area (Å²) in [6.07, 6.45) is 2.13. The number of aryl methyl sites for hydroxylation is 1. The van der Waals surface area contributed by atoms with Crippen LogP contribution < -0.4 is 10.6 Å². The quantitative estimate of drug-likeness (QED) is 0.863. The van der Waals surface area contributed by atoms with Crippen LogP contribution in [0.3, 0.4) is 0 Å². The van der Waals surface area contributed by atoms with Gasteiger partial charge in [0.05, 0.1) is 17.6 Å². The molecular formula is C21H19N3OS. The Kier molecular flexibility index (Phi) is 4.14. The Hall–Kier alpha value is -2.84. The van der Waals surface area contributed by atoms with Crippen molar-refractivity contribution in [3.05, 3.63) is 74.9 Å². The van der Waals surface area contributed by atoms with Gasteiger partial charge in [-0.25, -0.2) is 0 Å². The largest absolute Gasteiger partial charge is 0.384 e. The minimum atomic E-state index is -0.343. The molecule has 1 unspecified atom stereocenters. The Morgan fingerprint density at radius 3 is 2.65 bits per heavy atom. The van der Waals surface area contributed by atoms with Crippen LogP contribution in [0.2, 0.25) is 0 Å². The van der Waals surface area contributed by atoms with E-state index in [0.29, 0.717) is 17.8 Å². The van der Waals surface area contributed by atoms with Crippen LogP contribution in [-0.4, -0.2) is 5.78 Å². The van der Waals surface area contributed by atoms with Crippen molar-refractivity contribution in [2.75, 3.05) is 4.90 Å². The second kappa shape index (κ2) is 6.47. The molecule has 0 saturated carbocycles. The fraction of sp³-hybridized carbons (Fsp3) is 0.238. The summed E-state index contributed by atoms with van der Waals surface area (Å²) in [6.45, 7) is 2.03. The first kappa shape index (κ1) is 16.6. The lowest BCUT2D eigenvalue weighted by atomic mass is 9.78. The van der Waals surface area contributed by atoms with E-state index >= 15 is 0 Å². The molecule has 4 nitrogen and oxygen atoms in total. The van der Waals surface area contributed by atoms with Gasteiger partial charge in [0.2, 0.25) is 0 Å². The van der Waals surface area contributed by atoms with Gasteiger partial charge < -0.3 is 5.73 Å². The van der Waals surface area contributed by atoms with Gasteiger partial charge in [-0.05, 0) is 43.3 Å². The third-order valence-corrected chi connectivity index (χ3v) is 5.97. The Bertz CT molecular complexity index is 962. The minimum Gasteiger partial charge on any atom is -0.384 e. The summed E-state index contributed by atoms with van der Waals surface area (Å²) in [6, 6.07) is 14.2. The highest BCUT2D eigenvalue weighted by atomic mass is 32.1. The van der Waals surface area contributed by atoms with Gasteiger partial charge in [-0.2, -0.15) is 5.26 Å². The molecule has 2 heterocycles. The number of benzene rings is 1. The number of carbonyl (C=O) groups is 1. The standard InChI is InChI=1S/C21H19N3OS/c1-13-7-9-14(10-8-13)24-16-4-2-5-17(25)20(16)19(15(12-22)21(24)23)18-6-3-11-26-18/h3,6-11,19H,2,4-5,23H2,1H3. The number of allylic oxidation sites excluding steroid dienone is 3. The van der Waals surface area contributed by atoms with Gasteiger partial charge in [-0.15, -0.1) is 11.3 Å². The van der Waals surface area contributed by atoms with Crippen LogP contribution >= 0.6 is 11.3 Å². The van der Waals surface area contributed by atoms with Gasteiger partial charge in [0.25, 0.3) is 0 Å². The van der Waals surface area contributed by atoms with E-state index in [4.69, 9.17) is 5.73 Å². The predicted octanol–water partition coefficient (Wildman–Crippen LogP) is 4.36. The lowest BCUT2D eigenvalue weighted by Gasteiger charge is -2.39. The van der Waals surface area contributed by atoms with Crippen LogP contribution in [0.25, 0.3) is 0 Å². The minimum absolute atomic E-state index is 0.127. The van der Waals surface area contributed by atoms with Crippen molar-refractivity contribution in [2.24, 2.45) is 5.73 Å². The van der Waals surface area contributed by atoms with Gasteiger partial charge >= 0.3 is 0 Å². The van der Waals surface area contributed by atoms with E-state index in [1.807, 2.05) is 53.6 Å². The molecule has 1 aromatic heterocycles. The number of hydrogen-bond acceptors (Lipinski definition) is 5. The Morgan fingerprint density at radius 1 is 1.23 bits per heavy atom. The molecule has 1 aliphatic carbocycles. The summed E-state index contributed by atoms with van der Waals surface area (Å²) in [5, 5.41) is 11.8. The number of anilines is 1. The number of carbonyl (C=O) groups excluding carboxylic acids is 1. The van der Waals surface area contributed by atoms with Crippen LogP contribution in [0.4, 0.5) is 5.69 Å². The van der Waals surface area contributed by atoms with E-state index in [2.05, 4.69) is 6.07 Å². The topological polar surface area (TPSA) is 70.1 Å². The number of ketones is 1. The molecule has 26 heavy (non-hydrogen) atoms. The van der Waals surface area contributed by atoms with E-state index in [-0.39, 0.29) is 11.7 Å². The molecule has 2 aromatic rings. The first-order valence-electron chi connectivity index (χ1n) is 8.68. The number of rotatable bonds is 2. The molecular weight excluding hydrogens is 342 g/mol. The van der Waals surface area contributed by atoms with Crippen molar-refractivity contribution in [1.82, 2.24) is 0 Å². The Labute approximate surface area is 156 Å². The van der Waals surface area contributed by atoms with E-state index in [9.17, 15) is 10.1 Å². The molecule has 130 valence electrons. The molecule has 4 rings (SSSR count). The molecule has 0 fully saturated rings. The van der Waals surface area contributed by atoms with Gasteiger partial charge in [-0.1, -0.05) is 23.8 Å². The molecule has 1 aliphatic heterocycles. The summed E-state index contributed by atoms with van der Waals surface area (Å²) in [7, 11) is 0. The van der Waals surface area contributed by atoms with Gasteiger partial charge in [0.1, 0.15) is 5.82 Å². The molecule has 0 radical (unpaired) electrons. The summed E-state index contributed by atoms with van der Waals surface area (Å²) in [5.41, 5.74) is 10.7. The molecule has 0 bridgehead atoms. The number of nitriles is 1. The summed E-state index contributed by atoms with van der Waals surface area (Å²) in [4.78, 5) is 15.8. The predicted molar refractivity (Wildman–Crippen MR) is 103 cm³/mol. The molecule has 0 saturated heterocycles. The smallest absolute Gasteiger partial charge is 0.161 e. The van der Waals surface area contributed by atoms with Gasteiger partial charge in [0, 0.05) is 28.3 Å². The van der Waals surface area contributed by atoms with Crippen LogP contribution in [0.5, 0.6) is 0 Å². The highest BCUT2D eigenvalue weighted by Gasteiger charge is 2.40. The zero-order valence-corrected chi connectivity index (χ0v) is 15.3. The molecule has 1 atom stereocenters. The second-order valence-electron chi connectivity index (χ2n) is 6.67. The maximum Gasteiger partial charge on any atom is 0.161 e. The van der Waals surface area contributed by atoms with Crippen molar-refractivity contribution in [3.8, 4) is 6.07 Å². The summed E-state index contributed by atoms with van der Waals surface area (Å²) in [5.74, 6) is 0.217. The fourth-order valence-corrected chi connectivity index (χ4v) is 4.66. The normalized spacial score (nSPS) is 20.2. The third kappa shape index (κ3) is 2.54. The van der Waals surface area contributed by atoms with E-state index in [1.54, 1.807) is 11.3 Å². The zero-order valence-electron chi connectivity index (χ0n) is 14.5. The maximum atomic E-state index is 12.9. The van der Waals surface area contributed by atoms with Gasteiger partial charge in [0.15, 0.2) is 5.78 Å². The van der Waals surface area contributed by atoms with Crippen molar-refractivity contribution >= 4 is 22.8 Å². The van der Waals surface area contributed by atoms with Crippen molar-refractivity contribution < 1.29 is 4.79 Å². The maximum absolute atomic E-state index is 12.9. The van der Waals surface area contributed by atoms with E-state index in [0.717, 1.165) is 40.2 Å². The monoisotopic (exact) mass is 361 g/mol. The lowest BCUT2D eigenvalue weighted by molar-refractivity contribution is -0.116. The number of Topliss-reactive ketones (excluding diaryl/α,β-unsaturated/α-hetero) is 1. The highest BCUT2D eigenvalue weighted by molar-refractivity contribution is 7.10. The van der Waals surface area contributed by atoms with Crippen LogP contribution in [-0.2, 0) is 4.79 Å². The number of nitrogens with two attached hydrogens (primary N) is 1. The Morgan fingerprint density at radius 2 is 2.00 bits per heavy atom. The molecule has 0 spiro atoms. The highest BCUT2D eigenvalue weighted by Crippen LogP contribution is 2.47. The van der Waals surface area contributed by atoms with E-state index in [1.165, 1.54) is 0 Å². The van der Waals surface area contributed by atoms with Crippen molar-refractivity contribution in [3.63, 3.8) is 0 Å². The molecule has 2 aliphatic rings. The third-order valence-electron chi connectivity index (χ3n) is 5.03. The zero-order chi connectivity index (χ0) is 18.3. The van der Waals surface area contributed by atoms with Crippen molar-refractivity contribution in [2.45, 2.75) is 32.1 Å². The second-order valence-corrected chi connectivity index (χ2v) is 7.65. The Balaban J connectivity index is 1.96. The van der Waals surface area contributed by atoms with Crippen LogP contribution in [0.15, 0.2) is 64.4 Å². The number of nitrogens with zero attached hydrogens (tertiary/aromatic N) is 2. The van der Waals surface area contributed by atoms with Crippen LogP contribution in [0, 0.1) is 18.3 Å². The SMILES string of the molecule is Cc1ccc(N2C(N)=C(C#N)C(c3cccs3)C3=C2CCCC3=O)cc1. The van der Waals surface area contributed by atoms with E-state index < -0.39 is 0 Å². The summed E-state index contributed by atoms with van der Waals surface area (Å²) < 4.78 is 0. The van der Waals surface area contributed by atoms with Crippen molar-refractivity contribution in [1.29, 1.82) is 5.26 Å².